The Balaban J connectivity index is 1.53. The van der Waals surface area contributed by atoms with Gasteiger partial charge in [0.05, 0.1) is 5.56 Å². The molecule has 0 spiro atoms. The minimum Gasteiger partial charge on any atom is -0.406 e. The van der Waals surface area contributed by atoms with Crippen LogP contribution in [0.1, 0.15) is 70.8 Å². The van der Waals surface area contributed by atoms with Crippen LogP contribution in [0.3, 0.4) is 0 Å². The average Bonchev–Trinajstić information content (AvgIpc) is 2.72. The van der Waals surface area contributed by atoms with Crippen LogP contribution >= 0.6 is 0 Å². The van der Waals surface area contributed by atoms with E-state index in [9.17, 15) is 22.0 Å². The predicted molar refractivity (Wildman–Crippen MR) is 121 cm³/mol. The zero-order valence-electron chi connectivity index (χ0n) is 19.4. The summed E-state index contributed by atoms with van der Waals surface area (Å²) in [6.07, 6.45) is 5.49. The minimum absolute atomic E-state index is 0.168. The lowest BCUT2D eigenvalue weighted by molar-refractivity contribution is -0.274. The van der Waals surface area contributed by atoms with Crippen LogP contribution in [0.2, 0.25) is 0 Å². The average molecular weight is 469 g/mol. The fourth-order valence-corrected chi connectivity index (χ4v) is 4.86. The first-order valence-corrected chi connectivity index (χ1v) is 11.9. The zero-order chi connectivity index (χ0) is 24.0. The Morgan fingerprint density at radius 2 is 1.42 bits per heavy atom. The Morgan fingerprint density at radius 1 is 0.879 bits per heavy atom. The van der Waals surface area contributed by atoms with Gasteiger partial charge in [-0.1, -0.05) is 70.9 Å². The first kappa shape index (κ1) is 25.5. The molecule has 6 heteroatoms. The molecule has 0 N–H and O–H groups in total. The molecule has 33 heavy (non-hydrogen) atoms. The summed E-state index contributed by atoms with van der Waals surface area (Å²) in [6, 6.07) is 7.24. The summed E-state index contributed by atoms with van der Waals surface area (Å²) in [7, 11) is 0. The van der Waals surface area contributed by atoms with Gasteiger partial charge in [-0.3, -0.25) is 0 Å². The molecule has 0 unspecified atom stereocenters. The number of aryl methyl sites for hydroxylation is 1. The molecule has 0 aliphatic heterocycles. The molecule has 1 fully saturated rings. The highest BCUT2D eigenvalue weighted by atomic mass is 19.4. The second-order valence-electron chi connectivity index (χ2n) is 9.76. The number of rotatable bonds is 9. The summed E-state index contributed by atoms with van der Waals surface area (Å²) >= 11 is 0. The Bertz CT molecular complexity index is 857. The second kappa shape index (κ2) is 11.3. The van der Waals surface area contributed by atoms with Crippen molar-refractivity contribution in [1.82, 2.24) is 0 Å². The van der Waals surface area contributed by atoms with Crippen molar-refractivity contribution in [3.8, 4) is 16.9 Å². The Morgan fingerprint density at radius 3 is 1.94 bits per heavy atom. The summed E-state index contributed by atoms with van der Waals surface area (Å²) in [4.78, 5) is 0. The molecule has 1 saturated carbocycles. The predicted octanol–water partition coefficient (Wildman–Crippen LogP) is 9.10. The van der Waals surface area contributed by atoms with Crippen LogP contribution in [0.15, 0.2) is 36.4 Å². The van der Waals surface area contributed by atoms with Gasteiger partial charge in [0.2, 0.25) is 0 Å². The number of ether oxygens (including phenoxy) is 1. The van der Waals surface area contributed by atoms with E-state index in [2.05, 4.69) is 18.6 Å². The van der Waals surface area contributed by atoms with E-state index in [1.807, 2.05) is 0 Å². The molecule has 0 aromatic heterocycles. The molecule has 1 nitrogen and oxygen atoms in total. The molecule has 0 heterocycles. The van der Waals surface area contributed by atoms with Gasteiger partial charge in [0.25, 0.3) is 0 Å². The Labute approximate surface area is 193 Å². The van der Waals surface area contributed by atoms with Crippen molar-refractivity contribution >= 4 is 0 Å². The van der Waals surface area contributed by atoms with E-state index in [1.165, 1.54) is 69.2 Å². The van der Waals surface area contributed by atoms with Crippen molar-refractivity contribution in [2.24, 2.45) is 17.8 Å². The molecule has 0 radical (unpaired) electrons. The molecule has 0 amide bonds. The molecule has 2 aromatic rings. The van der Waals surface area contributed by atoms with E-state index >= 15 is 0 Å². The van der Waals surface area contributed by atoms with E-state index in [1.54, 1.807) is 0 Å². The van der Waals surface area contributed by atoms with Crippen molar-refractivity contribution in [3.63, 3.8) is 0 Å². The lowest BCUT2D eigenvalue weighted by Crippen LogP contribution is -2.16. The number of hydrogen-bond acceptors (Lipinski definition) is 1. The molecule has 2 aromatic carbocycles. The molecule has 1 aliphatic rings. The lowest BCUT2D eigenvalue weighted by atomic mass is 9.77. The summed E-state index contributed by atoms with van der Waals surface area (Å²) in [5, 5.41) is 0. The highest BCUT2D eigenvalue weighted by molar-refractivity contribution is 5.66. The Kier molecular flexibility index (Phi) is 8.77. The van der Waals surface area contributed by atoms with Gasteiger partial charge in [-0.25, -0.2) is 8.78 Å². The topological polar surface area (TPSA) is 9.23 Å². The standard InChI is InChI=1S/C27H33F5O/c1-18(2)4-3-5-19-6-8-20(9-7-19)10-11-21-16-24(28)26(25(29)17-21)22-12-14-23(15-13-22)33-27(30,31)32/h12-20H,3-11H2,1-2H3. The smallest absolute Gasteiger partial charge is 0.406 e. The molecular formula is C27H33F5O. The van der Waals surface area contributed by atoms with Crippen LogP contribution in [0.4, 0.5) is 22.0 Å². The highest BCUT2D eigenvalue weighted by Crippen LogP contribution is 2.35. The van der Waals surface area contributed by atoms with E-state index in [0.717, 1.165) is 30.4 Å². The summed E-state index contributed by atoms with van der Waals surface area (Å²) in [6.45, 7) is 4.52. The van der Waals surface area contributed by atoms with Crippen LogP contribution in [0, 0.1) is 29.4 Å². The fraction of sp³-hybridized carbons (Fsp3) is 0.556. The van der Waals surface area contributed by atoms with Crippen molar-refractivity contribution < 1.29 is 26.7 Å². The van der Waals surface area contributed by atoms with Gasteiger partial charge in [0, 0.05) is 0 Å². The van der Waals surface area contributed by atoms with Crippen molar-refractivity contribution in [2.45, 2.75) is 78.0 Å². The fourth-order valence-electron chi connectivity index (χ4n) is 4.86. The van der Waals surface area contributed by atoms with Crippen LogP contribution in [-0.2, 0) is 6.42 Å². The summed E-state index contributed by atoms with van der Waals surface area (Å²) in [5.74, 6) is 0.335. The van der Waals surface area contributed by atoms with Gasteiger partial charge in [-0.15, -0.1) is 13.2 Å². The van der Waals surface area contributed by atoms with E-state index in [4.69, 9.17) is 0 Å². The third kappa shape index (κ3) is 8.01. The van der Waals surface area contributed by atoms with Gasteiger partial charge < -0.3 is 4.74 Å². The first-order valence-electron chi connectivity index (χ1n) is 11.9. The molecular weight excluding hydrogens is 435 g/mol. The maximum atomic E-state index is 14.7. The first-order chi connectivity index (χ1) is 15.6. The zero-order valence-corrected chi connectivity index (χ0v) is 19.4. The quantitative estimate of drug-likeness (QED) is 0.334. The third-order valence-electron chi connectivity index (χ3n) is 6.68. The Hall–Kier alpha value is -2.11. The molecule has 182 valence electrons. The monoisotopic (exact) mass is 468 g/mol. The molecule has 1 aliphatic carbocycles. The van der Waals surface area contributed by atoms with Crippen molar-refractivity contribution in [1.29, 1.82) is 0 Å². The van der Waals surface area contributed by atoms with Gasteiger partial charge >= 0.3 is 6.36 Å². The largest absolute Gasteiger partial charge is 0.573 e. The maximum Gasteiger partial charge on any atom is 0.573 e. The molecule has 0 bridgehead atoms. The third-order valence-corrected chi connectivity index (χ3v) is 6.68. The van der Waals surface area contributed by atoms with Crippen LogP contribution in [0.25, 0.3) is 11.1 Å². The van der Waals surface area contributed by atoms with Crippen molar-refractivity contribution in [3.05, 3.63) is 53.6 Å². The van der Waals surface area contributed by atoms with Crippen molar-refractivity contribution in [2.75, 3.05) is 0 Å². The van der Waals surface area contributed by atoms with Gasteiger partial charge in [0.1, 0.15) is 17.4 Å². The molecule has 0 atom stereocenters. The summed E-state index contributed by atoms with van der Waals surface area (Å²) in [5.41, 5.74) is 0.547. The molecule has 3 rings (SSSR count). The van der Waals surface area contributed by atoms with E-state index < -0.39 is 23.7 Å². The van der Waals surface area contributed by atoms with Gasteiger partial charge in [0.15, 0.2) is 0 Å². The number of alkyl halides is 3. The van der Waals surface area contributed by atoms with Gasteiger partial charge in [-0.2, -0.15) is 0 Å². The number of benzene rings is 2. The van der Waals surface area contributed by atoms with E-state index in [-0.39, 0.29) is 11.1 Å². The lowest BCUT2D eigenvalue weighted by Gasteiger charge is -2.28. The summed E-state index contributed by atoms with van der Waals surface area (Å²) < 4.78 is 70.1. The number of hydrogen-bond donors (Lipinski definition) is 0. The highest BCUT2D eigenvalue weighted by Gasteiger charge is 2.31. The van der Waals surface area contributed by atoms with E-state index in [0.29, 0.717) is 17.9 Å². The van der Waals surface area contributed by atoms with Crippen LogP contribution in [-0.4, -0.2) is 6.36 Å². The maximum absolute atomic E-state index is 14.7. The minimum atomic E-state index is -4.81. The second-order valence-corrected chi connectivity index (χ2v) is 9.76. The van der Waals surface area contributed by atoms with Gasteiger partial charge in [-0.05, 0) is 66.0 Å². The normalized spacial score (nSPS) is 19.2. The van der Waals surface area contributed by atoms with Crippen LogP contribution < -0.4 is 4.74 Å². The SMILES string of the molecule is CC(C)CCCC1CCC(CCc2cc(F)c(-c3ccc(OC(F)(F)F)cc3)c(F)c2)CC1. The molecule has 0 saturated heterocycles. The number of halogens is 5. The van der Waals surface area contributed by atoms with Crippen LogP contribution in [0.5, 0.6) is 5.75 Å².